The van der Waals surface area contributed by atoms with Crippen LogP contribution in [0.4, 0.5) is 0 Å². The molecule has 3 aliphatic carbocycles. The van der Waals surface area contributed by atoms with Crippen LogP contribution >= 0.6 is 0 Å². The van der Waals surface area contributed by atoms with Crippen LogP contribution in [0.25, 0.3) is 0 Å². The van der Waals surface area contributed by atoms with Gasteiger partial charge in [-0.1, -0.05) is 39.8 Å². The van der Waals surface area contributed by atoms with E-state index in [-0.39, 0.29) is 5.41 Å². The fourth-order valence-corrected chi connectivity index (χ4v) is 5.76. The largest absolute Gasteiger partial charge is 0.234 e. The molecule has 1 nitrogen and oxygen atoms in total. The highest BCUT2D eigenvalue weighted by atomic mass is 16.1. The maximum Gasteiger partial charge on any atom is 0.124 e. The molecule has 3 aliphatic rings. The summed E-state index contributed by atoms with van der Waals surface area (Å²) in [5, 5.41) is 0. The van der Waals surface area contributed by atoms with Crippen molar-refractivity contribution in [3.05, 3.63) is 17.7 Å². The fourth-order valence-electron chi connectivity index (χ4n) is 5.76. The summed E-state index contributed by atoms with van der Waals surface area (Å²) in [5.41, 5.74) is 3.05. The van der Waals surface area contributed by atoms with E-state index in [0.29, 0.717) is 29.1 Å². The average Bonchev–Trinajstić information content (AvgIpc) is 2.65. The van der Waals surface area contributed by atoms with Crippen LogP contribution < -0.4 is 0 Å². The zero-order valence-corrected chi connectivity index (χ0v) is 12.0. The van der Waals surface area contributed by atoms with Gasteiger partial charge in [-0.05, 0) is 47.8 Å². The van der Waals surface area contributed by atoms with Crippen molar-refractivity contribution in [2.24, 2.45) is 34.5 Å². The van der Waals surface area contributed by atoms with Gasteiger partial charge in [0.05, 0.1) is 0 Å². The summed E-state index contributed by atoms with van der Waals surface area (Å²) in [7, 11) is 0. The number of hydrogen-bond acceptors (Lipinski definition) is 1. The normalized spacial score (nSPS) is 49.1. The summed E-state index contributed by atoms with van der Waals surface area (Å²) in [5.74, 6) is 4.42. The van der Waals surface area contributed by atoms with Crippen LogP contribution in [0.15, 0.2) is 17.7 Å². The Bertz CT molecular complexity index is 466. The van der Waals surface area contributed by atoms with E-state index in [4.69, 9.17) is 0 Å². The highest BCUT2D eigenvalue weighted by molar-refractivity contribution is 5.58. The standard InChI is InChI=1S/C17H24O/c1-10-6-7-17-8-14(10)16(4,5)15(17)13(9-18)11(2)12(17)3/h11-12,14-15H,1,6-8H2,2-5H3. The number of fused-ring (bicyclic) bond motifs is 1. The topological polar surface area (TPSA) is 17.1 Å². The van der Waals surface area contributed by atoms with Crippen LogP contribution in [0.5, 0.6) is 0 Å². The van der Waals surface area contributed by atoms with E-state index in [2.05, 4.69) is 40.2 Å². The van der Waals surface area contributed by atoms with Gasteiger partial charge >= 0.3 is 0 Å². The first-order valence-electron chi connectivity index (χ1n) is 7.29. The van der Waals surface area contributed by atoms with Gasteiger partial charge in [0.15, 0.2) is 0 Å². The van der Waals surface area contributed by atoms with Gasteiger partial charge in [0, 0.05) is 11.5 Å². The minimum atomic E-state index is 0.194. The molecule has 5 atom stereocenters. The molecule has 18 heavy (non-hydrogen) atoms. The van der Waals surface area contributed by atoms with Crippen molar-refractivity contribution in [3.63, 3.8) is 0 Å². The van der Waals surface area contributed by atoms with Gasteiger partial charge in [-0.2, -0.15) is 0 Å². The minimum Gasteiger partial charge on any atom is -0.234 e. The smallest absolute Gasteiger partial charge is 0.124 e. The number of allylic oxidation sites excluding steroid dienone is 2. The molecule has 3 saturated carbocycles. The zero-order chi connectivity index (χ0) is 13.3. The summed E-state index contributed by atoms with van der Waals surface area (Å²) < 4.78 is 0. The van der Waals surface area contributed by atoms with E-state index in [1.807, 2.05) is 0 Å². The maximum absolute atomic E-state index is 11.5. The van der Waals surface area contributed by atoms with Gasteiger partial charge in [0.25, 0.3) is 0 Å². The summed E-state index contributed by atoms with van der Waals surface area (Å²) in [6.45, 7) is 13.6. The highest BCUT2D eigenvalue weighted by Crippen LogP contribution is 2.74. The molecule has 0 amide bonds. The van der Waals surface area contributed by atoms with E-state index >= 15 is 0 Å². The molecule has 3 rings (SSSR count). The monoisotopic (exact) mass is 244 g/mol. The summed E-state index contributed by atoms with van der Waals surface area (Å²) in [4.78, 5) is 11.5. The summed E-state index contributed by atoms with van der Waals surface area (Å²) in [6, 6.07) is 0. The van der Waals surface area contributed by atoms with Crippen LogP contribution in [0, 0.1) is 34.5 Å². The third kappa shape index (κ3) is 1.12. The lowest BCUT2D eigenvalue weighted by atomic mass is 9.66. The molecule has 0 saturated heterocycles. The first-order valence-corrected chi connectivity index (χ1v) is 7.29. The lowest BCUT2D eigenvalue weighted by molar-refractivity contribution is 0.119. The Morgan fingerprint density at radius 3 is 2.61 bits per heavy atom. The highest BCUT2D eigenvalue weighted by Gasteiger charge is 2.67. The summed E-state index contributed by atoms with van der Waals surface area (Å²) in [6.07, 6.45) is 3.64. The average molecular weight is 244 g/mol. The maximum atomic E-state index is 11.5. The SMILES string of the molecule is C=C1CCC23CC1C(C)(C)C2C(=C=O)C(C)C3C. The van der Waals surface area contributed by atoms with Crippen molar-refractivity contribution in [2.75, 3.05) is 0 Å². The Labute approximate surface area is 110 Å². The van der Waals surface area contributed by atoms with Crippen molar-refractivity contribution in [2.45, 2.75) is 47.0 Å². The van der Waals surface area contributed by atoms with Crippen LogP contribution in [-0.4, -0.2) is 5.94 Å². The predicted molar refractivity (Wildman–Crippen MR) is 73.7 cm³/mol. The molecule has 1 spiro atoms. The zero-order valence-electron chi connectivity index (χ0n) is 12.0. The third-order valence-electron chi connectivity index (χ3n) is 6.78. The molecular weight excluding hydrogens is 220 g/mol. The van der Waals surface area contributed by atoms with E-state index in [1.54, 1.807) is 0 Å². The molecule has 98 valence electrons. The number of hydrogen-bond donors (Lipinski definition) is 0. The molecule has 2 bridgehead atoms. The second kappa shape index (κ2) is 3.39. The quantitative estimate of drug-likeness (QED) is 0.464. The van der Waals surface area contributed by atoms with Gasteiger partial charge < -0.3 is 0 Å². The molecule has 0 radical (unpaired) electrons. The molecule has 0 aliphatic heterocycles. The van der Waals surface area contributed by atoms with E-state index in [0.717, 1.165) is 12.0 Å². The van der Waals surface area contributed by atoms with Crippen molar-refractivity contribution < 1.29 is 4.79 Å². The second-order valence-corrected chi connectivity index (χ2v) is 7.54. The van der Waals surface area contributed by atoms with Crippen molar-refractivity contribution in [1.29, 1.82) is 0 Å². The first kappa shape index (κ1) is 12.2. The van der Waals surface area contributed by atoms with Crippen LogP contribution in [0.3, 0.4) is 0 Å². The van der Waals surface area contributed by atoms with E-state index < -0.39 is 0 Å². The fraction of sp³-hybridized carbons (Fsp3) is 0.765. The molecule has 0 aromatic rings. The van der Waals surface area contributed by atoms with Gasteiger partial charge in [0.1, 0.15) is 5.94 Å². The lowest BCUT2D eigenvalue weighted by Crippen LogP contribution is -2.31. The van der Waals surface area contributed by atoms with E-state index in [1.165, 1.54) is 18.4 Å². The first-order chi connectivity index (χ1) is 8.36. The Hall–Kier alpha value is -0.810. The van der Waals surface area contributed by atoms with Crippen LogP contribution in [0.1, 0.15) is 47.0 Å². The Balaban J connectivity index is 2.20. The number of rotatable bonds is 0. The van der Waals surface area contributed by atoms with Crippen LogP contribution in [-0.2, 0) is 4.79 Å². The molecule has 3 fully saturated rings. The van der Waals surface area contributed by atoms with Gasteiger partial charge in [0.2, 0.25) is 0 Å². The van der Waals surface area contributed by atoms with Gasteiger partial charge in [-0.3, -0.25) is 0 Å². The summed E-state index contributed by atoms with van der Waals surface area (Å²) >= 11 is 0. The van der Waals surface area contributed by atoms with Gasteiger partial charge in [-0.25, -0.2) is 4.79 Å². The molecule has 0 heterocycles. The molecular formula is C17H24O. The van der Waals surface area contributed by atoms with Crippen molar-refractivity contribution in [1.82, 2.24) is 0 Å². The predicted octanol–water partition coefficient (Wildman–Crippen LogP) is 4.03. The van der Waals surface area contributed by atoms with Crippen LogP contribution in [0.2, 0.25) is 0 Å². The molecule has 0 N–H and O–H groups in total. The van der Waals surface area contributed by atoms with Crippen molar-refractivity contribution >= 4 is 5.94 Å². The third-order valence-corrected chi connectivity index (χ3v) is 6.78. The molecule has 5 unspecified atom stereocenters. The van der Waals surface area contributed by atoms with Crippen molar-refractivity contribution in [3.8, 4) is 0 Å². The Kier molecular flexibility index (Phi) is 2.31. The Morgan fingerprint density at radius 1 is 1.33 bits per heavy atom. The molecule has 0 aromatic carbocycles. The van der Waals surface area contributed by atoms with Gasteiger partial charge in [-0.15, -0.1) is 0 Å². The second-order valence-electron chi connectivity index (χ2n) is 7.54. The van der Waals surface area contributed by atoms with E-state index in [9.17, 15) is 4.79 Å². The molecule has 1 heteroatoms. The number of carbonyl (C=O) groups excluding carboxylic acids is 1. The molecule has 0 aromatic heterocycles. The minimum absolute atomic E-state index is 0.194. The Morgan fingerprint density at radius 2 is 2.00 bits per heavy atom. The lowest BCUT2D eigenvalue weighted by Gasteiger charge is -2.38.